The summed E-state index contributed by atoms with van der Waals surface area (Å²) in [6, 6.07) is 12.3. The van der Waals surface area contributed by atoms with Crippen molar-refractivity contribution >= 4 is 57.9 Å². The first-order valence-corrected chi connectivity index (χ1v) is 11.1. The number of carbonyl (C=O) groups excluding carboxylic acids is 1. The van der Waals surface area contributed by atoms with Gasteiger partial charge < -0.3 is 20.5 Å². The highest BCUT2D eigenvalue weighted by molar-refractivity contribution is 6.18. The number of nitrogens with two attached hydrogens (primary N) is 1. The lowest BCUT2D eigenvalue weighted by Gasteiger charge is -2.22. The molecular formula is C23H27Cl2N5O. The molecule has 31 heavy (non-hydrogen) atoms. The van der Waals surface area contributed by atoms with Crippen molar-refractivity contribution in [3.8, 4) is 0 Å². The molecular weight excluding hydrogens is 433 g/mol. The highest BCUT2D eigenvalue weighted by Gasteiger charge is 2.12. The number of aryl methyl sites for hydroxylation is 2. The zero-order chi connectivity index (χ0) is 22.4. The van der Waals surface area contributed by atoms with E-state index in [9.17, 15) is 4.79 Å². The summed E-state index contributed by atoms with van der Waals surface area (Å²) in [5.74, 6) is 1.42. The van der Waals surface area contributed by atoms with Gasteiger partial charge in [0.25, 0.3) is 0 Å². The van der Waals surface area contributed by atoms with Gasteiger partial charge in [-0.25, -0.2) is 4.98 Å². The molecule has 0 unspecified atom stereocenters. The number of alkyl halides is 2. The first-order valence-electron chi connectivity index (χ1n) is 10.1. The van der Waals surface area contributed by atoms with Gasteiger partial charge in [-0.2, -0.15) is 0 Å². The fraction of sp³-hybridized carbons (Fsp3) is 0.304. The largest absolute Gasteiger partial charge is 0.369 e. The molecule has 3 rings (SSSR count). The Bertz CT molecular complexity index is 1090. The number of fused-ring (bicyclic) bond motifs is 1. The van der Waals surface area contributed by atoms with E-state index in [4.69, 9.17) is 33.9 Å². The average molecular weight is 460 g/mol. The molecule has 3 N–H and O–H groups in total. The summed E-state index contributed by atoms with van der Waals surface area (Å²) >= 11 is 11.9. The van der Waals surface area contributed by atoms with Crippen molar-refractivity contribution in [2.24, 2.45) is 12.8 Å². The zero-order valence-electron chi connectivity index (χ0n) is 17.7. The topological polar surface area (TPSA) is 76.2 Å². The smallest absolute Gasteiger partial charge is 0.241 e. The Morgan fingerprint density at radius 2 is 1.94 bits per heavy atom. The van der Waals surface area contributed by atoms with Gasteiger partial charge in [-0.3, -0.25) is 4.79 Å². The number of halogens is 2. The molecule has 0 aliphatic rings. The van der Waals surface area contributed by atoms with Crippen LogP contribution in [0.5, 0.6) is 0 Å². The maximum absolute atomic E-state index is 10.9. The van der Waals surface area contributed by atoms with Crippen molar-refractivity contribution < 1.29 is 4.79 Å². The number of nitrogens with one attached hydrogen (secondary N) is 1. The monoisotopic (exact) mass is 459 g/mol. The first-order chi connectivity index (χ1) is 14.9. The Hall–Kier alpha value is -2.70. The summed E-state index contributed by atoms with van der Waals surface area (Å²) in [5, 5.41) is 3.43. The molecule has 1 heterocycles. The molecule has 3 aromatic rings. The van der Waals surface area contributed by atoms with E-state index in [0.29, 0.717) is 18.3 Å². The number of nitrogens with zero attached hydrogens (tertiary/aromatic N) is 3. The van der Waals surface area contributed by atoms with E-state index in [1.165, 1.54) is 6.08 Å². The van der Waals surface area contributed by atoms with Crippen molar-refractivity contribution in [2.75, 3.05) is 35.1 Å². The third-order valence-electron chi connectivity index (χ3n) is 5.18. The first kappa shape index (κ1) is 23.0. The molecule has 1 aromatic heterocycles. The molecule has 0 saturated carbocycles. The number of imidazole rings is 1. The zero-order valence-corrected chi connectivity index (χ0v) is 19.2. The second-order valence-electron chi connectivity index (χ2n) is 7.31. The van der Waals surface area contributed by atoms with Crippen molar-refractivity contribution in [3.63, 3.8) is 0 Å². The molecule has 0 fully saturated rings. The van der Waals surface area contributed by atoms with E-state index in [0.717, 1.165) is 52.4 Å². The fourth-order valence-electron chi connectivity index (χ4n) is 3.49. The van der Waals surface area contributed by atoms with Crippen LogP contribution in [-0.2, 0) is 18.4 Å². The van der Waals surface area contributed by atoms with E-state index >= 15 is 0 Å². The van der Waals surface area contributed by atoms with Crippen LogP contribution in [-0.4, -0.2) is 40.3 Å². The number of benzene rings is 2. The number of anilines is 2. The van der Waals surface area contributed by atoms with E-state index in [1.54, 1.807) is 6.08 Å². The summed E-state index contributed by atoms with van der Waals surface area (Å²) in [4.78, 5) is 17.9. The fourth-order valence-corrected chi connectivity index (χ4v) is 3.90. The molecule has 0 spiro atoms. The molecule has 0 aliphatic heterocycles. The lowest BCUT2D eigenvalue weighted by molar-refractivity contribution is -0.113. The van der Waals surface area contributed by atoms with Crippen LogP contribution >= 0.6 is 23.2 Å². The maximum Gasteiger partial charge on any atom is 0.241 e. The van der Waals surface area contributed by atoms with Gasteiger partial charge in [0.15, 0.2) is 0 Å². The van der Waals surface area contributed by atoms with Gasteiger partial charge in [-0.15, -0.1) is 23.2 Å². The minimum absolute atomic E-state index is 0.457. The predicted octanol–water partition coefficient (Wildman–Crippen LogP) is 4.28. The van der Waals surface area contributed by atoms with E-state index in [2.05, 4.69) is 28.4 Å². The molecule has 164 valence electrons. The summed E-state index contributed by atoms with van der Waals surface area (Å²) in [5.41, 5.74) is 11.4. The van der Waals surface area contributed by atoms with Gasteiger partial charge in [-0.1, -0.05) is 18.2 Å². The Labute approximate surface area is 192 Å². The number of primary amides is 1. The quantitative estimate of drug-likeness (QED) is 0.350. The lowest BCUT2D eigenvalue weighted by Crippen LogP contribution is -2.27. The molecule has 1 amide bonds. The highest BCUT2D eigenvalue weighted by atomic mass is 35.5. The Kier molecular flexibility index (Phi) is 7.82. The van der Waals surface area contributed by atoms with Crippen LogP contribution in [0.2, 0.25) is 0 Å². The van der Waals surface area contributed by atoms with E-state index in [1.807, 2.05) is 36.7 Å². The highest BCUT2D eigenvalue weighted by Crippen LogP contribution is 2.25. The standard InChI is InChI=1S/C23H27Cl2N5O/c1-16-13-17(4-8-22(26)31)3-5-18(16)15-27-23-28-20-14-19(6-7-21(20)29(23)2)30(11-9-24)12-10-25/h3-8,13-14H,9-12,15H2,1-2H3,(H2,26,31)(H,27,28). The van der Waals surface area contributed by atoms with Crippen LogP contribution in [0.3, 0.4) is 0 Å². The molecule has 0 saturated heterocycles. The van der Waals surface area contributed by atoms with Gasteiger partial charge in [0.05, 0.1) is 11.0 Å². The number of hydrogen-bond donors (Lipinski definition) is 2. The average Bonchev–Trinajstić information content (AvgIpc) is 3.06. The number of rotatable bonds is 10. The molecule has 0 bridgehead atoms. The van der Waals surface area contributed by atoms with Crippen molar-refractivity contribution in [1.29, 1.82) is 0 Å². The normalized spacial score (nSPS) is 11.4. The molecule has 0 atom stereocenters. The maximum atomic E-state index is 10.9. The summed E-state index contributed by atoms with van der Waals surface area (Å²) in [7, 11) is 2.00. The van der Waals surface area contributed by atoms with Crippen LogP contribution < -0.4 is 16.0 Å². The van der Waals surface area contributed by atoms with Crippen molar-refractivity contribution in [2.45, 2.75) is 13.5 Å². The van der Waals surface area contributed by atoms with E-state index in [-0.39, 0.29) is 0 Å². The number of aromatic nitrogens is 2. The Morgan fingerprint density at radius 3 is 2.58 bits per heavy atom. The molecule has 6 nitrogen and oxygen atoms in total. The molecule has 0 aliphatic carbocycles. The van der Waals surface area contributed by atoms with Gasteiger partial charge in [0, 0.05) is 50.2 Å². The minimum atomic E-state index is -0.457. The van der Waals surface area contributed by atoms with E-state index < -0.39 is 5.91 Å². The van der Waals surface area contributed by atoms with Crippen LogP contribution in [0.25, 0.3) is 17.1 Å². The van der Waals surface area contributed by atoms with Crippen LogP contribution in [0.4, 0.5) is 11.6 Å². The molecule has 0 radical (unpaired) electrons. The summed E-state index contributed by atoms with van der Waals surface area (Å²) in [6.07, 6.45) is 3.08. The van der Waals surface area contributed by atoms with Crippen molar-refractivity contribution in [1.82, 2.24) is 9.55 Å². The predicted molar refractivity (Wildman–Crippen MR) is 131 cm³/mol. The van der Waals surface area contributed by atoms with Gasteiger partial charge >= 0.3 is 0 Å². The molecule has 8 heteroatoms. The third-order valence-corrected chi connectivity index (χ3v) is 5.52. The minimum Gasteiger partial charge on any atom is -0.369 e. The number of carbonyl (C=O) groups is 1. The second kappa shape index (κ2) is 10.6. The lowest BCUT2D eigenvalue weighted by atomic mass is 10.0. The summed E-state index contributed by atoms with van der Waals surface area (Å²) < 4.78 is 2.05. The Balaban J connectivity index is 1.77. The van der Waals surface area contributed by atoms with Gasteiger partial charge in [0.2, 0.25) is 11.9 Å². The number of hydrogen-bond acceptors (Lipinski definition) is 4. The summed E-state index contributed by atoms with van der Waals surface area (Å²) in [6.45, 7) is 4.16. The number of amides is 1. The SMILES string of the molecule is Cc1cc(C=CC(N)=O)ccc1CNc1nc2cc(N(CCCl)CCCl)ccc2n1C. The second-order valence-corrected chi connectivity index (χ2v) is 8.06. The van der Waals surface area contributed by atoms with Gasteiger partial charge in [0.1, 0.15) is 0 Å². The van der Waals surface area contributed by atoms with Crippen LogP contribution in [0, 0.1) is 6.92 Å². The third kappa shape index (κ3) is 5.71. The Morgan fingerprint density at radius 1 is 1.19 bits per heavy atom. The van der Waals surface area contributed by atoms with Gasteiger partial charge in [-0.05, 0) is 47.9 Å². The molecule has 2 aromatic carbocycles. The van der Waals surface area contributed by atoms with Crippen LogP contribution in [0.15, 0.2) is 42.5 Å². The van der Waals surface area contributed by atoms with Crippen LogP contribution in [0.1, 0.15) is 16.7 Å². The van der Waals surface area contributed by atoms with Crippen molar-refractivity contribution in [3.05, 3.63) is 59.2 Å².